The molecular weight excluding hydrogens is 418 g/mol. The van der Waals surface area contributed by atoms with Crippen molar-refractivity contribution in [3.05, 3.63) is 41.7 Å². The summed E-state index contributed by atoms with van der Waals surface area (Å²) in [7, 11) is 1.66. The number of nitrogens with one attached hydrogen (secondary N) is 1. The number of rotatable bonds is 5. The van der Waals surface area contributed by atoms with Crippen LogP contribution in [-0.4, -0.2) is 40.3 Å². The molecule has 0 bridgehead atoms. The number of aromatic nitrogens is 2. The third kappa shape index (κ3) is 5.63. The molecule has 1 aromatic carbocycles. The second kappa shape index (κ2) is 10.2. The number of ether oxygens (including phenoxy) is 2. The zero-order valence-corrected chi connectivity index (χ0v) is 19.3. The minimum Gasteiger partial charge on any atom is -0.493 e. The summed E-state index contributed by atoms with van der Waals surface area (Å²) in [6, 6.07) is 6.09. The fraction of sp³-hybridized carbons (Fsp3) is 0.500. The first-order chi connectivity index (χ1) is 16.0. The summed E-state index contributed by atoms with van der Waals surface area (Å²) >= 11 is 0. The lowest BCUT2D eigenvalue weighted by Gasteiger charge is -2.35. The molecule has 4 rings (SSSR count). The topological polar surface area (TPSA) is 93.6 Å². The van der Waals surface area contributed by atoms with Crippen LogP contribution in [0.15, 0.2) is 30.6 Å². The van der Waals surface area contributed by atoms with E-state index in [9.17, 15) is 9.90 Å². The van der Waals surface area contributed by atoms with Crippen molar-refractivity contribution in [2.24, 2.45) is 0 Å². The number of nitrogens with zero attached hydrogens (tertiary/aromatic N) is 2. The number of aliphatic hydroxyl groups is 1. The minimum absolute atomic E-state index is 0.219. The molecule has 2 N–H and O–H groups in total. The number of aliphatic hydroxyl groups excluding tert-OH is 1. The Balaban J connectivity index is 1.65. The maximum atomic E-state index is 11.2. The van der Waals surface area contributed by atoms with Crippen molar-refractivity contribution in [2.75, 3.05) is 12.4 Å². The molecule has 7 heteroatoms. The molecule has 0 unspecified atom stereocenters. The smallest absolute Gasteiger partial charge is 0.229 e. The van der Waals surface area contributed by atoms with Gasteiger partial charge < -0.3 is 14.6 Å². The Bertz CT molecular complexity index is 1030. The van der Waals surface area contributed by atoms with Crippen LogP contribution in [0.2, 0.25) is 0 Å². The normalized spacial score (nSPS) is 22.8. The molecule has 2 aliphatic rings. The van der Waals surface area contributed by atoms with Gasteiger partial charge in [-0.15, -0.1) is 0 Å². The van der Waals surface area contributed by atoms with Crippen LogP contribution in [0, 0.1) is 11.8 Å². The number of hydrogen-bond acceptors (Lipinski definition) is 6. The monoisotopic (exact) mass is 449 g/mol. The number of amides is 1. The highest BCUT2D eigenvalue weighted by atomic mass is 16.5. The Labute approximate surface area is 194 Å². The second-order valence-corrected chi connectivity index (χ2v) is 8.93. The molecule has 2 aromatic rings. The minimum atomic E-state index is -0.407. The molecule has 0 aliphatic heterocycles. The number of methoxy groups -OCH3 is 1. The third-order valence-corrected chi connectivity index (χ3v) is 6.51. The van der Waals surface area contributed by atoms with Crippen molar-refractivity contribution in [1.82, 2.24) is 9.97 Å². The van der Waals surface area contributed by atoms with Crippen LogP contribution in [0.25, 0.3) is 0 Å². The van der Waals surface area contributed by atoms with Gasteiger partial charge in [-0.1, -0.05) is 17.9 Å². The van der Waals surface area contributed by atoms with Crippen molar-refractivity contribution >= 4 is 11.9 Å². The molecule has 7 nitrogen and oxygen atoms in total. The van der Waals surface area contributed by atoms with E-state index in [1.807, 2.05) is 6.07 Å². The van der Waals surface area contributed by atoms with Gasteiger partial charge in [-0.3, -0.25) is 10.1 Å². The first kappa shape index (κ1) is 23.1. The summed E-state index contributed by atoms with van der Waals surface area (Å²) in [5.41, 5.74) is 1.34. The molecule has 2 saturated carbocycles. The van der Waals surface area contributed by atoms with Gasteiger partial charge in [-0.05, 0) is 69.1 Å². The van der Waals surface area contributed by atoms with Gasteiger partial charge in [0, 0.05) is 19.3 Å². The summed E-state index contributed by atoms with van der Waals surface area (Å²) in [6.07, 6.45) is 10.6. The van der Waals surface area contributed by atoms with Gasteiger partial charge in [0.2, 0.25) is 11.9 Å². The summed E-state index contributed by atoms with van der Waals surface area (Å²) in [5.74, 6) is 8.24. The van der Waals surface area contributed by atoms with Gasteiger partial charge in [-0.2, -0.15) is 0 Å². The molecule has 0 saturated heterocycles. The number of carbonyl (C=O) groups is 1. The van der Waals surface area contributed by atoms with Gasteiger partial charge >= 0.3 is 0 Å². The number of benzene rings is 1. The molecule has 2 aliphatic carbocycles. The van der Waals surface area contributed by atoms with Gasteiger partial charge in [0.1, 0.15) is 0 Å². The summed E-state index contributed by atoms with van der Waals surface area (Å²) in [6.45, 7) is 1.41. The van der Waals surface area contributed by atoms with E-state index in [1.165, 1.54) is 19.8 Å². The van der Waals surface area contributed by atoms with E-state index in [0.717, 1.165) is 42.7 Å². The molecular formula is C26H31N3O4. The van der Waals surface area contributed by atoms with Crippen LogP contribution >= 0.6 is 0 Å². The standard InChI is InChI=1S/C26H31N3O4/c1-18(30)29-25-27-16-19(17-28-25)9-12-26(13-10-21(31)11-14-26)20-7-8-23(32-2)24(15-20)33-22-5-3-4-6-22/h7-8,15-17,21-22,31H,3-6,10-11,13-14H2,1-2H3,(H,27,28,29,30)/t21-,26+. The maximum absolute atomic E-state index is 11.2. The average Bonchev–Trinajstić information content (AvgIpc) is 3.33. The number of carbonyl (C=O) groups excluding carboxylic acids is 1. The lowest BCUT2D eigenvalue weighted by atomic mass is 9.69. The Morgan fingerprint density at radius 2 is 1.82 bits per heavy atom. The predicted molar refractivity (Wildman–Crippen MR) is 125 cm³/mol. The van der Waals surface area contributed by atoms with Crippen LogP contribution in [0.4, 0.5) is 5.95 Å². The fourth-order valence-electron chi connectivity index (χ4n) is 4.64. The van der Waals surface area contributed by atoms with Crippen LogP contribution in [0.5, 0.6) is 11.5 Å². The van der Waals surface area contributed by atoms with Crippen molar-refractivity contribution in [1.29, 1.82) is 0 Å². The fourth-order valence-corrected chi connectivity index (χ4v) is 4.64. The van der Waals surface area contributed by atoms with Crippen LogP contribution in [-0.2, 0) is 10.2 Å². The second-order valence-electron chi connectivity index (χ2n) is 8.93. The van der Waals surface area contributed by atoms with E-state index in [4.69, 9.17) is 9.47 Å². The lowest BCUT2D eigenvalue weighted by Crippen LogP contribution is -2.32. The zero-order valence-electron chi connectivity index (χ0n) is 19.3. The van der Waals surface area contributed by atoms with E-state index < -0.39 is 5.41 Å². The highest BCUT2D eigenvalue weighted by Crippen LogP contribution is 2.43. The van der Waals surface area contributed by atoms with Crippen molar-refractivity contribution in [2.45, 2.75) is 75.9 Å². The van der Waals surface area contributed by atoms with Gasteiger partial charge in [0.15, 0.2) is 11.5 Å². The molecule has 33 heavy (non-hydrogen) atoms. The SMILES string of the molecule is COc1ccc([C@]2(C#Cc3cnc(NC(C)=O)nc3)CC[C@H](O)CC2)cc1OC1CCCC1. The lowest BCUT2D eigenvalue weighted by molar-refractivity contribution is -0.114. The Morgan fingerprint density at radius 1 is 1.12 bits per heavy atom. The summed E-state index contributed by atoms with van der Waals surface area (Å²) < 4.78 is 11.9. The zero-order chi connectivity index (χ0) is 23.3. The molecule has 2 fully saturated rings. The van der Waals surface area contributed by atoms with Crippen molar-refractivity contribution < 1.29 is 19.4 Å². The van der Waals surface area contributed by atoms with Crippen LogP contribution in [0.1, 0.15) is 69.4 Å². The average molecular weight is 450 g/mol. The molecule has 174 valence electrons. The molecule has 1 aromatic heterocycles. The third-order valence-electron chi connectivity index (χ3n) is 6.51. The van der Waals surface area contributed by atoms with Crippen molar-refractivity contribution in [3.63, 3.8) is 0 Å². The van der Waals surface area contributed by atoms with Gasteiger partial charge in [0.05, 0.1) is 30.3 Å². The molecule has 0 spiro atoms. The van der Waals surface area contributed by atoms with Crippen LogP contribution < -0.4 is 14.8 Å². The molecule has 0 radical (unpaired) electrons. The van der Waals surface area contributed by atoms with E-state index in [1.54, 1.807) is 19.5 Å². The molecule has 1 amide bonds. The highest BCUT2D eigenvalue weighted by Gasteiger charge is 2.36. The summed E-state index contributed by atoms with van der Waals surface area (Å²) in [4.78, 5) is 19.5. The molecule has 0 atom stereocenters. The highest BCUT2D eigenvalue weighted by molar-refractivity contribution is 5.86. The van der Waals surface area contributed by atoms with Gasteiger partial charge in [0.25, 0.3) is 0 Å². The van der Waals surface area contributed by atoms with E-state index in [0.29, 0.717) is 18.4 Å². The Hall–Kier alpha value is -3.11. The van der Waals surface area contributed by atoms with Crippen molar-refractivity contribution in [3.8, 4) is 23.3 Å². The quantitative estimate of drug-likeness (QED) is 0.671. The predicted octanol–water partition coefficient (Wildman–Crippen LogP) is 3.99. The number of hydrogen-bond donors (Lipinski definition) is 2. The van der Waals surface area contributed by atoms with E-state index >= 15 is 0 Å². The van der Waals surface area contributed by atoms with Crippen LogP contribution in [0.3, 0.4) is 0 Å². The van der Waals surface area contributed by atoms with Gasteiger partial charge in [-0.25, -0.2) is 9.97 Å². The Kier molecular flexibility index (Phi) is 7.14. The number of anilines is 1. The maximum Gasteiger partial charge on any atom is 0.229 e. The largest absolute Gasteiger partial charge is 0.493 e. The summed E-state index contributed by atoms with van der Waals surface area (Å²) in [5, 5.41) is 12.7. The Morgan fingerprint density at radius 3 is 2.45 bits per heavy atom. The van der Waals surface area contributed by atoms with E-state index in [2.05, 4.69) is 39.3 Å². The van der Waals surface area contributed by atoms with E-state index in [-0.39, 0.29) is 24.1 Å². The molecule has 1 heterocycles. The first-order valence-electron chi connectivity index (χ1n) is 11.6. The first-order valence-corrected chi connectivity index (χ1v) is 11.6.